The highest BCUT2D eigenvalue weighted by Crippen LogP contribution is 2.18. The highest BCUT2D eigenvalue weighted by molar-refractivity contribution is 5.58. The lowest BCUT2D eigenvalue weighted by atomic mass is 10.1. The third kappa shape index (κ3) is 2.90. The summed E-state index contributed by atoms with van der Waals surface area (Å²) in [6, 6.07) is 3.99. The molecule has 0 aliphatic rings. The van der Waals surface area contributed by atoms with E-state index in [1.54, 1.807) is 6.20 Å². The fraction of sp³-hybridized carbons (Fsp3) is 0.357. The Morgan fingerprint density at radius 3 is 2.78 bits per heavy atom. The molecule has 0 atom stereocenters. The largest absolute Gasteiger partial charge is 0.311 e. The van der Waals surface area contributed by atoms with Crippen molar-refractivity contribution in [2.75, 3.05) is 6.54 Å². The maximum absolute atomic E-state index is 4.59. The van der Waals surface area contributed by atoms with Crippen molar-refractivity contribution < 1.29 is 0 Å². The number of aromatic nitrogens is 3. The second kappa shape index (κ2) is 5.69. The molecule has 0 bridgehead atoms. The normalized spacial score (nSPS) is 10.6. The van der Waals surface area contributed by atoms with Crippen molar-refractivity contribution >= 4 is 0 Å². The average Bonchev–Trinajstić information content (AvgIpc) is 2.36. The summed E-state index contributed by atoms with van der Waals surface area (Å²) in [5.74, 6) is 0.758. The molecule has 2 aromatic heterocycles. The van der Waals surface area contributed by atoms with Gasteiger partial charge >= 0.3 is 0 Å². The molecule has 4 heteroatoms. The van der Waals surface area contributed by atoms with Crippen LogP contribution in [0.3, 0.4) is 0 Å². The maximum atomic E-state index is 4.59. The zero-order valence-corrected chi connectivity index (χ0v) is 11.1. The third-order valence-corrected chi connectivity index (χ3v) is 2.74. The second-order valence-corrected chi connectivity index (χ2v) is 4.30. The van der Waals surface area contributed by atoms with Crippen molar-refractivity contribution in [1.82, 2.24) is 20.3 Å². The molecule has 94 valence electrons. The molecule has 4 nitrogen and oxygen atoms in total. The topological polar surface area (TPSA) is 50.7 Å². The Hall–Kier alpha value is -1.81. The molecule has 2 heterocycles. The molecule has 0 saturated carbocycles. The van der Waals surface area contributed by atoms with Gasteiger partial charge in [0, 0.05) is 30.2 Å². The summed E-state index contributed by atoms with van der Waals surface area (Å²) in [6.45, 7) is 7.83. The molecule has 1 N–H and O–H groups in total. The number of rotatable bonds is 4. The lowest BCUT2D eigenvalue weighted by molar-refractivity contribution is 0.708. The highest BCUT2D eigenvalue weighted by atomic mass is 14.9. The first-order valence-electron chi connectivity index (χ1n) is 6.17. The Bertz CT molecular complexity index is 537. The lowest BCUT2D eigenvalue weighted by Gasteiger charge is -2.08. The summed E-state index contributed by atoms with van der Waals surface area (Å²) in [7, 11) is 0. The van der Waals surface area contributed by atoms with Gasteiger partial charge in [0.15, 0.2) is 5.82 Å². The van der Waals surface area contributed by atoms with Gasteiger partial charge in [-0.05, 0) is 38.1 Å². The molecule has 0 aliphatic heterocycles. The van der Waals surface area contributed by atoms with E-state index in [4.69, 9.17) is 0 Å². The predicted molar refractivity (Wildman–Crippen MR) is 72.1 cm³/mol. The minimum atomic E-state index is 0.758. The quantitative estimate of drug-likeness (QED) is 0.893. The molecule has 18 heavy (non-hydrogen) atoms. The van der Waals surface area contributed by atoms with Crippen LogP contribution in [0.4, 0.5) is 0 Å². The van der Waals surface area contributed by atoms with Crippen molar-refractivity contribution in [2.45, 2.75) is 27.3 Å². The summed E-state index contributed by atoms with van der Waals surface area (Å²) in [5.41, 5.74) is 4.14. The molecule has 2 aromatic rings. The number of hydrogen-bond donors (Lipinski definition) is 1. The number of pyridine rings is 1. The van der Waals surface area contributed by atoms with Gasteiger partial charge in [0.1, 0.15) is 0 Å². The van der Waals surface area contributed by atoms with E-state index in [9.17, 15) is 0 Å². The Labute approximate surface area is 108 Å². The number of nitrogens with zero attached hydrogens (tertiary/aromatic N) is 3. The molecule has 0 saturated heterocycles. The summed E-state index contributed by atoms with van der Waals surface area (Å²) < 4.78 is 0. The molecule has 0 amide bonds. The lowest BCUT2D eigenvalue weighted by Crippen LogP contribution is -2.14. The number of hydrogen-bond acceptors (Lipinski definition) is 4. The Morgan fingerprint density at radius 2 is 2.06 bits per heavy atom. The molecular formula is C14H18N4. The van der Waals surface area contributed by atoms with Crippen molar-refractivity contribution in [1.29, 1.82) is 0 Å². The Kier molecular flexibility index (Phi) is 3.99. The summed E-state index contributed by atoms with van der Waals surface area (Å²) in [4.78, 5) is 13.2. The van der Waals surface area contributed by atoms with Crippen molar-refractivity contribution in [2.24, 2.45) is 0 Å². The van der Waals surface area contributed by atoms with Crippen LogP contribution in [0.15, 0.2) is 24.5 Å². The van der Waals surface area contributed by atoms with Crippen LogP contribution >= 0.6 is 0 Å². The first-order valence-corrected chi connectivity index (χ1v) is 6.17. The zero-order chi connectivity index (χ0) is 13.0. The minimum Gasteiger partial charge on any atom is -0.311 e. The van der Waals surface area contributed by atoms with E-state index in [0.717, 1.165) is 41.4 Å². The van der Waals surface area contributed by atoms with E-state index in [2.05, 4.69) is 27.2 Å². The van der Waals surface area contributed by atoms with Crippen molar-refractivity contribution in [3.8, 4) is 11.4 Å². The van der Waals surface area contributed by atoms with Crippen LogP contribution < -0.4 is 5.32 Å². The van der Waals surface area contributed by atoms with Gasteiger partial charge in [0.2, 0.25) is 0 Å². The molecule has 0 aliphatic carbocycles. The first kappa shape index (κ1) is 12.6. The Morgan fingerprint density at radius 1 is 1.22 bits per heavy atom. The smallest absolute Gasteiger partial charge is 0.161 e. The number of nitrogens with one attached hydrogen (secondary N) is 1. The van der Waals surface area contributed by atoms with E-state index >= 15 is 0 Å². The van der Waals surface area contributed by atoms with Crippen LogP contribution in [-0.4, -0.2) is 21.5 Å². The summed E-state index contributed by atoms with van der Waals surface area (Å²) in [5, 5.41) is 3.28. The third-order valence-electron chi connectivity index (χ3n) is 2.74. The number of aryl methyl sites for hydroxylation is 2. The van der Waals surface area contributed by atoms with E-state index in [1.165, 1.54) is 0 Å². The standard InChI is InChI=1S/C14H18N4/c1-4-15-8-12-7-11(3)17-14(18-12)13-9-16-6-5-10(13)2/h5-7,9,15H,4,8H2,1-3H3. The van der Waals surface area contributed by atoms with E-state index in [1.807, 2.05) is 32.2 Å². The molecular weight excluding hydrogens is 224 g/mol. The predicted octanol–water partition coefficient (Wildman–Crippen LogP) is 2.26. The van der Waals surface area contributed by atoms with Crippen molar-refractivity contribution in [3.05, 3.63) is 41.5 Å². The van der Waals surface area contributed by atoms with Gasteiger partial charge in [0.05, 0.1) is 5.69 Å². The zero-order valence-electron chi connectivity index (χ0n) is 11.1. The maximum Gasteiger partial charge on any atom is 0.161 e. The van der Waals surface area contributed by atoms with Gasteiger partial charge < -0.3 is 5.32 Å². The molecule has 0 radical (unpaired) electrons. The van der Waals surface area contributed by atoms with Crippen LogP contribution in [0.5, 0.6) is 0 Å². The first-order chi connectivity index (χ1) is 8.70. The van der Waals surface area contributed by atoms with E-state index in [-0.39, 0.29) is 0 Å². The van der Waals surface area contributed by atoms with Crippen LogP contribution in [0.1, 0.15) is 23.9 Å². The minimum absolute atomic E-state index is 0.758. The van der Waals surface area contributed by atoms with Crippen LogP contribution in [0, 0.1) is 13.8 Å². The van der Waals surface area contributed by atoms with E-state index in [0.29, 0.717) is 0 Å². The molecule has 0 fully saturated rings. The monoisotopic (exact) mass is 242 g/mol. The highest BCUT2D eigenvalue weighted by Gasteiger charge is 2.07. The van der Waals surface area contributed by atoms with Crippen molar-refractivity contribution in [3.63, 3.8) is 0 Å². The Balaban J connectivity index is 2.39. The van der Waals surface area contributed by atoms with Gasteiger partial charge in [-0.1, -0.05) is 6.92 Å². The fourth-order valence-corrected chi connectivity index (χ4v) is 1.80. The molecule has 0 aromatic carbocycles. The van der Waals surface area contributed by atoms with Gasteiger partial charge in [-0.25, -0.2) is 9.97 Å². The van der Waals surface area contributed by atoms with Crippen LogP contribution in [0.2, 0.25) is 0 Å². The van der Waals surface area contributed by atoms with Crippen LogP contribution in [-0.2, 0) is 6.54 Å². The molecule has 0 unspecified atom stereocenters. The molecule has 2 rings (SSSR count). The van der Waals surface area contributed by atoms with Crippen LogP contribution in [0.25, 0.3) is 11.4 Å². The SMILES string of the molecule is CCNCc1cc(C)nc(-c2cnccc2C)n1. The fourth-order valence-electron chi connectivity index (χ4n) is 1.80. The molecule has 0 spiro atoms. The van der Waals surface area contributed by atoms with Gasteiger partial charge in [-0.2, -0.15) is 0 Å². The summed E-state index contributed by atoms with van der Waals surface area (Å²) >= 11 is 0. The van der Waals surface area contributed by atoms with E-state index < -0.39 is 0 Å². The second-order valence-electron chi connectivity index (χ2n) is 4.30. The average molecular weight is 242 g/mol. The van der Waals surface area contributed by atoms with Gasteiger partial charge in [-0.15, -0.1) is 0 Å². The van der Waals surface area contributed by atoms with Gasteiger partial charge in [0.25, 0.3) is 0 Å². The van der Waals surface area contributed by atoms with Gasteiger partial charge in [-0.3, -0.25) is 4.98 Å². The summed E-state index contributed by atoms with van der Waals surface area (Å²) in [6.07, 6.45) is 3.61.